The fourth-order valence-electron chi connectivity index (χ4n) is 2.11. The van der Waals surface area contributed by atoms with Crippen LogP contribution in [-0.2, 0) is 12.8 Å². The number of rotatable bonds is 2. The van der Waals surface area contributed by atoms with E-state index in [1.807, 2.05) is 0 Å². The van der Waals surface area contributed by atoms with Gasteiger partial charge >= 0.3 is 0 Å². The molecule has 0 atom stereocenters. The van der Waals surface area contributed by atoms with Crippen molar-refractivity contribution in [3.05, 3.63) is 34.6 Å². The standard InChI is InChI=1S/C13H14N4OS.ClH/c14-8-5-6-10(15-7-8)12(18)17-13-16-9-3-1-2-4-11(9)19-13;/h5-7H,1-4,14H2,(H,16,17,18);1H. The Morgan fingerprint density at radius 3 is 2.80 bits per heavy atom. The molecule has 20 heavy (non-hydrogen) atoms. The summed E-state index contributed by atoms with van der Waals surface area (Å²) in [4.78, 5) is 21.8. The van der Waals surface area contributed by atoms with E-state index in [-0.39, 0.29) is 18.3 Å². The van der Waals surface area contributed by atoms with Gasteiger partial charge in [-0.2, -0.15) is 0 Å². The summed E-state index contributed by atoms with van der Waals surface area (Å²) >= 11 is 1.57. The van der Waals surface area contributed by atoms with Gasteiger partial charge in [-0.1, -0.05) is 0 Å². The first-order valence-corrected chi connectivity index (χ1v) is 7.05. The topological polar surface area (TPSA) is 80.9 Å². The first-order valence-electron chi connectivity index (χ1n) is 6.24. The van der Waals surface area contributed by atoms with Crippen LogP contribution in [0, 0.1) is 0 Å². The molecule has 0 spiro atoms. The highest BCUT2D eigenvalue weighted by molar-refractivity contribution is 7.15. The largest absolute Gasteiger partial charge is 0.397 e. The summed E-state index contributed by atoms with van der Waals surface area (Å²) in [6.07, 6.45) is 5.96. The Balaban J connectivity index is 0.00000147. The van der Waals surface area contributed by atoms with E-state index in [9.17, 15) is 4.79 Å². The molecule has 0 unspecified atom stereocenters. The number of nitrogens with two attached hydrogens (primary N) is 1. The van der Waals surface area contributed by atoms with E-state index in [4.69, 9.17) is 5.73 Å². The lowest BCUT2D eigenvalue weighted by Crippen LogP contribution is -2.13. The average Bonchev–Trinajstić information content (AvgIpc) is 2.81. The first kappa shape index (κ1) is 14.7. The number of amides is 1. The molecular weight excluding hydrogens is 296 g/mol. The monoisotopic (exact) mass is 310 g/mol. The number of fused-ring (bicyclic) bond motifs is 1. The molecule has 2 heterocycles. The highest BCUT2D eigenvalue weighted by Gasteiger charge is 2.17. The Morgan fingerprint density at radius 2 is 2.10 bits per heavy atom. The van der Waals surface area contributed by atoms with Crippen molar-refractivity contribution < 1.29 is 4.79 Å². The summed E-state index contributed by atoms with van der Waals surface area (Å²) in [6.45, 7) is 0. The molecule has 1 amide bonds. The zero-order valence-electron chi connectivity index (χ0n) is 10.8. The van der Waals surface area contributed by atoms with Crippen LogP contribution < -0.4 is 11.1 Å². The lowest BCUT2D eigenvalue weighted by atomic mass is 10.0. The third kappa shape index (κ3) is 3.08. The molecule has 0 bridgehead atoms. The lowest BCUT2D eigenvalue weighted by Gasteiger charge is -2.06. The Bertz CT molecular complexity index is 588. The highest BCUT2D eigenvalue weighted by atomic mass is 35.5. The van der Waals surface area contributed by atoms with E-state index >= 15 is 0 Å². The molecular formula is C13H15ClN4OS. The van der Waals surface area contributed by atoms with Crippen LogP contribution in [0.2, 0.25) is 0 Å². The first-order chi connectivity index (χ1) is 9.22. The predicted molar refractivity (Wildman–Crippen MR) is 82.6 cm³/mol. The van der Waals surface area contributed by atoms with Crippen LogP contribution in [0.25, 0.3) is 0 Å². The average molecular weight is 311 g/mol. The lowest BCUT2D eigenvalue weighted by molar-refractivity contribution is 0.102. The normalized spacial score (nSPS) is 13.2. The molecule has 106 valence electrons. The maximum Gasteiger partial charge on any atom is 0.276 e. The zero-order valence-corrected chi connectivity index (χ0v) is 12.4. The van der Waals surface area contributed by atoms with Crippen LogP contribution in [0.3, 0.4) is 0 Å². The minimum absolute atomic E-state index is 0. The Kier molecular flexibility index (Phi) is 4.57. The molecule has 0 aromatic carbocycles. The van der Waals surface area contributed by atoms with Gasteiger partial charge in [0.1, 0.15) is 5.69 Å². The second-order valence-electron chi connectivity index (χ2n) is 4.53. The number of nitrogens with one attached hydrogen (secondary N) is 1. The summed E-state index contributed by atoms with van der Waals surface area (Å²) in [5, 5.41) is 3.46. The number of nitrogen functional groups attached to an aromatic ring is 1. The minimum atomic E-state index is -0.244. The van der Waals surface area contributed by atoms with Crippen LogP contribution in [0.5, 0.6) is 0 Å². The number of hydrogen-bond donors (Lipinski definition) is 2. The molecule has 1 aliphatic rings. The zero-order chi connectivity index (χ0) is 13.2. The van der Waals surface area contributed by atoms with E-state index in [0.29, 0.717) is 16.5 Å². The van der Waals surface area contributed by atoms with Gasteiger partial charge in [0.25, 0.3) is 5.91 Å². The number of hydrogen-bond acceptors (Lipinski definition) is 5. The number of pyridine rings is 1. The van der Waals surface area contributed by atoms with Crippen molar-refractivity contribution >= 4 is 40.5 Å². The Hall–Kier alpha value is -1.66. The second kappa shape index (κ2) is 6.19. The van der Waals surface area contributed by atoms with Crippen molar-refractivity contribution in [2.24, 2.45) is 0 Å². The summed E-state index contributed by atoms with van der Waals surface area (Å²) in [5.74, 6) is -0.244. The molecule has 7 heteroatoms. The van der Waals surface area contributed by atoms with E-state index in [1.165, 1.54) is 23.9 Å². The number of aromatic nitrogens is 2. The van der Waals surface area contributed by atoms with Crippen LogP contribution in [0.4, 0.5) is 10.8 Å². The van der Waals surface area contributed by atoms with Crippen LogP contribution in [-0.4, -0.2) is 15.9 Å². The predicted octanol–water partition coefficient (Wildman–Crippen LogP) is 2.67. The SMILES string of the molecule is Cl.Nc1ccc(C(=O)Nc2nc3c(s2)CCCC3)nc1. The Morgan fingerprint density at radius 1 is 1.30 bits per heavy atom. The van der Waals surface area contributed by atoms with E-state index in [0.717, 1.165) is 18.5 Å². The molecule has 5 nitrogen and oxygen atoms in total. The molecule has 0 aliphatic heterocycles. The molecule has 0 fully saturated rings. The van der Waals surface area contributed by atoms with Gasteiger partial charge in [-0.3, -0.25) is 10.1 Å². The number of halogens is 1. The van der Waals surface area contributed by atoms with Gasteiger partial charge in [0.2, 0.25) is 0 Å². The number of aryl methyl sites for hydroxylation is 2. The Labute approximate surface area is 127 Å². The van der Waals surface area contributed by atoms with Crippen molar-refractivity contribution in [3.8, 4) is 0 Å². The van der Waals surface area contributed by atoms with Gasteiger partial charge in [-0.15, -0.1) is 23.7 Å². The maximum atomic E-state index is 12.0. The fraction of sp³-hybridized carbons (Fsp3) is 0.308. The number of thiazole rings is 1. The molecule has 0 saturated heterocycles. The van der Waals surface area contributed by atoms with Gasteiger partial charge in [0, 0.05) is 4.88 Å². The molecule has 1 aliphatic carbocycles. The fourth-order valence-corrected chi connectivity index (χ4v) is 3.15. The minimum Gasteiger partial charge on any atom is -0.397 e. The number of carbonyl (C=O) groups excluding carboxylic acids is 1. The van der Waals surface area contributed by atoms with Gasteiger partial charge in [0.05, 0.1) is 17.6 Å². The van der Waals surface area contributed by atoms with E-state index in [1.54, 1.807) is 23.5 Å². The molecule has 2 aromatic heterocycles. The molecule has 3 rings (SSSR count). The molecule has 3 N–H and O–H groups in total. The maximum absolute atomic E-state index is 12.0. The van der Waals surface area contributed by atoms with Gasteiger partial charge < -0.3 is 5.73 Å². The third-order valence-corrected chi connectivity index (χ3v) is 4.16. The molecule has 0 saturated carbocycles. The van der Waals surface area contributed by atoms with Crippen molar-refractivity contribution in [1.29, 1.82) is 0 Å². The molecule has 0 radical (unpaired) electrons. The third-order valence-electron chi connectivity index (χ3n) is 3.09. The van der Waals surface area contributed by atoms with Gasteiger partial charge in [0.15, 0.2) is 5.13 Å². The summed E-state index contributed by atoms with van der Waals surface area (Å²) in [6, 6.07) is 3.27. The van der Waals surface area contributed by atoms with Gasteiger partial charge in [-0.25, -0.2) is 9.97 Å². The number of nitrogens with zero attached hydrogens (tertiary/aromatic N) is 2. The van der Waals surface area contributed by atoms with Crippen molar-refractivity contribution in [2.45, 2.75) is 25.7 Å². The van der Waals surface area contributed by atoms with Crippen LogP contribution in [0.15, 0.2) is 18.3 Å². The van der Waals surface area contributed by atoms with Crippen LogP contribution >= 0.6 is 23.7 Å². The summed E-state index contributed by atoms with van der Waals surface area (Å²) in [5.41, 5.74) is 7.57. The molecule has 2 aromatic rings. The van der Waals surface area contributed by atoms with Crippen molar-refractivity contribution in [1.82, 2.24) is 9.97 Å². The number of carbonyl (C=O) groups is 1. The summed E-state index contributed by atoms with van der Waals surface area (Å²) in [7, 11) is 0. The number of anilines is 2. The second-order valence-corrected chi connectivity index (χ2v) is 5.61. The quantitative estimate of drug-likeness (QED) is 0.893. The van der Waals surface area contributed by atoms with Crippen molar-refractivity contribution in [2.75, 3.05) is 11.1 Å². The summed E-state index contributed by atoms with van der Waals surface area (Å²) < 4.78 is 0. The smallest absolute Gasteiger partial charge is 0.276 e. The highest BCUT2D eigenvalue weighted by Crippen LogP contribution is 2.29. The van der Waals surface area contributed by atoms with E-state index in [2.05, 4.69) is 15.3 Å². The van der Waals surface area contributed by atoms with E-state index < -0.39 is 0 Å². The van der Waals surface area contributed by atoms with Gasteiger partial charge in [-0.05, 0) is 37.8 Å². The van der Waals surface area contributed by atoms with Crippen molar-refractivity contribution in [3.63, 3.8) is 0 Å². The van der Waals surface area contributed by atoms with Crippen LogP contribution in [0.1, 0.15) is 33.9 Å².